The molecule has 0 spiro atoms. The molecule has 0 heterocycles. The highest BCUT2D eigenvalue weighted by molar-refractivity contribution is 9.10. The molecule has 0 aliphatic carbocycles. The van der Waals surface area contributed by atoms with Crippen molar-refractivity contribution >= 4 is 31.6 Å². The van der Waals surface area contributed by atoms with Crippen LogP contribution in [0.2, 0.25) is 0 Å². The van der Waals surface area contributed by atoms with Crippen LogP contribution < -0.4 is 10.5 Å². The monoisotopic (exact) mass is 350 g/mol. The molecule has 0 aromatic heterocycles. The Labute approximate surface area is 122 Å². The number of nitrogens with one attached hydrogen (secondary N) is 1. The normalized spacial score (nSPS) is 12.0. The molecule has 1 aromatic rings. The maximum atomic E-state index is 12.0. The summed E-state index contributed by atoms with van der Waals surface area (Å²) in [6, 6.07) is 4.50. The van der Waals surface area contributed by atoms with E-state index in [1.54, 1.807) is 6.07 Å². The molecule has 0 saturated heterocycles. The first kappa shape index (κ1) is 16.4. The smallest absolute Gasteiger partial charge is 0.240 e. The minimum absolute atomic E-state index is 0.178. The van der Waals surface area contributed by atoms with Gasteiger partial charge in [-0.2, -0.15) is 0 Å². The molecule has 0 aliphatic rings. The minimum atomic E-state index is -3.52. The number of ether oxygens (including phenoxy) is 1. The summed E-state index contributed by atoms with van der Waals surface area (Å²) in [4.78, 5) is 0.178. The van der Waals surface area contributed by atoms with Crippen molar-refractivity contribution in [2.24, 2.45) is 5.92 Å². The lowest BCUT2D eigenvalue weighted by atomic mass is 10.2. The molecule has 108 valence electrons. The number of sulfonamides is 1. The van der Waals surface area contributed by atoms with Gasteiger partial charge in [0.1, 0.15) is 0 Å². The summed E-state index contributed by atoms with van der Waals surface area (Å²) in [5.41, 5.74) is 6.12. The summed E-state index contributed by atoms with van der Waals surface area (Å²) in [5.74, 6) is 0.435. The van der Waals surface area contributed by atoms with Crippen molar-refractivity contribution in [2.45, 2.75) is 18.7 Å². The molecule has 1 aromatic carbocycles. The Hall–Kier alpha value is -0.630. The molecule has 0 bridgehead atoms. The molecular formula is C12H19BrN2O3S. The predicted octanol–water partition coefficient (Wildman–Crippen LogP) is 1.98. The van der Waals surface area contributed by atoms with Gasteiger partial charge in [0, 0.05) is 23.3 Å². The molecule has 5 nitrogen and oxygen atoms in total. The van der Waals surface area contributed by atoms with E-state index in [0.717, 1.165) is 0 Å². The molecule has 0 aliphatic heterocycles. The van der Waals surface area contributed by atoms with Crippen molar-refractivity contribution in [3.05, 3.63) is 22.7 Å². The number of nitrogen functional groups attached to an aromatic ring is 1. The van der Waals surface area contributed by atoms with Crippen molar-refractivity contribution in [1.29, 1.82) is 0 Å². The fourth-order valence-corrected chi connectivity index (χ4v) is 2.89. The highest BCUT2D eigenvalue weighted by Crippen LogP contribution is 2.22. The zero-order valence-electron chi connectivity index (χ0n) is 11.0. The number of halogens is 1. The molecule has 0 saturated carbocycles. The van der Waals surface area contributed by atoms with Gasteiger partial charge >= 0.3 is 0 Å². The topological polar surface area (TPSA) is 81.4 Å². The third-order valence-corrected chi connectivity index (χ3v) is 4.42. The van der Waals surface area contributed by atoms with Gasteiger partial charge < -0.3 is 10.5 Å². The van der Waals surface area contributed by atoms with Crippen molar-refractivity contribution in [1.82, 2.24) is 4.72 Å². The standard InChI is InChI=1S/C12H19BrN2O3S/c1-9(2)8-18-6-5-15-19(16,17)10-3-4-12(14)11(13)7-10/h3-4,7,9,15H,5-6,8,14H2,1-2H3. The number of nitrogens with two attached hydrogens (primary N) is 1. The van der Waals surface area contributed by atoms with Gasteiger partial charge in [0.05, 0.1) is 11.5 Å². The second-order valence-electron chi connectivity index (χ2n) is 4.55. The Bertz CT molecular complexity index is 518. The number of anilines is 1. The van der Waals surface area contributed by atoms with Crippen LogP contribution in [0.1, 0.15) is 13.8 Å². The fraction of sp³-hybridized carbons (Fsp3) is 0.500. The Morgan fingerprint density at radius 3 is 2.68 bits per heavy atom. The predicted molar refractivity (Wildman–Crippen MR) is 79.4 cm³/mol. The molecule has 0 amide bonds. The van der Waals surface area contributed by atoms with Crippen LogP contribution in [0.15, 0.2) is 27.6 Å². The molecule has 3 N–H and O–H groups in total. The first-order valence-electron chi connectivity index (χ1n) is 5.95. The van der Waals surface area contributed by atoms with Crippen LogP contribution in [0.5, 0.6) is 0 Å². The maximum Gasteiger partial charge on any atom is 0.240 e. The molecule has 0 unspecified atom stereocenters. The quantitative estimate of drug-likeness (QED) is 0.581. The number of hydrogen-bond donors (Lipinski definition) is 2. The summed E-state index contributed by atoms with van der Waals surface area (Å²) in [7, 11) is -3.52. The van der Waals surface area contributed by atoms with Crippen molar-refractivity contribution < 1.29 is 13.2 Å². The first-order chi connectivity index (χ1) is 8.83. The van der Waals surface area contributed by atoms with Crippen molar-refractivity contribution in [3.8, 4) is 0 Å². The van der Waals surface area contributed by atoms with Crippen LogP contribution in [0.25, 0.3) is 0 Å². The largest absolute Gasteiger partial charge is 0.398 e. The molecule has 0 radical (unpaired) electrons. The van der Waals surface area contributed by atoms with E-state index in [0.29, 0.717) is 29.3 Å². The molecule has 0 atom stereocenters. The lowest BCUT2D eigenvalue weighted by molar-refractivity contribution is 0.114. The second kappa shape index (κ2) is 7.23. The van der Waals surface area contributed by atoms with E-state index in [1.165, 1.54) is 12.1 Å². The second-order valence-corrected chi connectivity index (χ2v) is 7.17. The van der Waals surface area contributed by atoms with E-state index in [4.69, 9.17) is 10.5 Å². The summed E-state index contributed by atoms with van der Waals surface area (Å²) in [5, 5.41) is 0. The molecule has 19 heavy (non-hydrogen) atoms. The van der Waals surface area contributed by atoms with E-state index in [2.05, 4.69) is 20.7 Å². The summed E-state index contributed by atoms with van der Waals surface area (Å²) >= 11 is 3.21. The Kier molecular flexibility index (Phi) is 6.25. The van der Waals surface area contributed by atoms with Gasteiger partial charge in [0.2, 0.25) is 10.0 Å². The van der Waals surface area contributed by atoms with Crippen LogP contribution >= 0.6 is 15.9 Å². The van der Waals surface area contributed by atoms with Crippen LogP contribution in [-0.4, -0.2) is 28.2 Å². The molecular weight excluding hydrogens is 332 g/mol. The van der Waals surface area contributed by atoms with E-state index >= 15 is 0 Å². The lowest BCUT2D eigenvalue weighted by Gasteiger charge is -2.09. The van der Waals surface area contributed by atoms with Gasteiger partial charge in [-0.05, 0) is 40.0 Å². The van der Waals surface area contributed by atoms with Gasteiger partial charge in [0.25, 0.3) is 0 Å². The molecule has 0 fully saturated rings. The average molecular weight is 351 g/mol. The van der Waals surface area contributed by atoms with Crippen LogP contribution in [0.4, 0.5) is 5.69 Å². The molecule has 7 heteroatoms. The van der Waals surface area contributed by atoms with E-state index < -0.39 is 10.0 Å². The third kappa shape index (κ3) is 5.48. The Morgan fingerprint density at radius 1 is 1.42 bits per heavy atom. The Morgan fingerprint density at radius 2 is 2.11 bits per heavy atom. The van der Waals surface area contributed by atoms with Gasteiger partial charge in [-0.25, -0.2) is 13.1 Å². The SMILES string of the molecule is CC(C)COCCNS(=O)(=O)c1ccc(N)c(Br)c1. The minimum Gasteiger partial charge on any atom is -0.398 e. The zero-order chi connectivity index (χ0) is 14.5. The number of rotatable bonds is 7. The van der Waals surface area contributed by atoms with Crippen molar-refractivity contribution in [2.75, 3.05) is 25.5 Å². The van der Waals surface area contributed by atoms with Crippen LogP contribution in [0, 0.1) is 5.92 Å². The highest BCUT2D eigenvalue weighted by Gasteiger charge is 2.14. The number of hydrogen-bond acceptors (Lipinski definition) is 4. The third-order valence-electron chi connectivity index (χ3n) is 2.27. The van der Waals surface area contributed by atoms with Crippen LogP contribution in [0.3, 0.4) is 0 Å². The van der Waals surface area contributed by atoms with Gasteiger partial charge in [0.15, 0.2) is 0 Å². The van der Waals surface area contributed by atoms with E-state index in [9.17, 15) is 8.42 Å². The summed E-state index contributed by atoms with van der Waals surface area (Å²) in [6.07, 6.45) is 0. The molecule has 1 rings (SSSR count). The fourth-order valence-electron chi connectivity index (χ4n) is 1.33. The summed E-state index contributed by atoms with van der Waals surface area (Å²) in [6.45, 7) is 5.30. The zero-order valence-corrected chi connectivity index (χ0v) is 13.4. The van der Waals surface area contributed by atoms with Crippen LogP contribution in [-0.2, 0) is 14.8 Å². The van der Waals surface area contributed by atoms with Gasteiger partial charge in [-0.3, -0.25) is 0 Å². The van der Waals surface area contributed by atoms with Gasteiger partial charge in [-0.15, -0.1) is 0 Å². The van der Waals surface area contributed by atoms with E-state index in [1.807, 2.05) is 13.8 Å². The average Bonchev–Trinajstić information content (AvgIpc) is 2.31. The highest BCUT2D eigenvalue weighted by atomic mass is 79.9. The lowest BCUT2D eigenvalue weighted by Crippen LogP contribution is -2.27. The van der Waals surface area contributed by atoms with Crippen molar-refractivity contribution in [3.63, 3.8) is 0 Å². The van der Waals surface area contributed by atoms with E-state index in [-0.39, 0.29) is 11.4 Å². The van der Waals surface area contributed by atoms with Gasteiger partial charge in [-0.1, -0.05) is 13.8 Å². The Balaban J connectivity index is 2.54. The number of benzene rings is 1. The first-order valence-corrected chi connectivity index (χ1v) is 8.23. The summed E-state index contributed by atoms with van der Waals surface area (Å²) < 4.78 is 32.3. The maximum absolute atomic E-state index is 12.0.